The lowest BCUT2D eigenvalue weighted by atomic mass is 9.96. The Labute approximate surface area is 117 Å². The summed E-state index contributed by atoms with van der Waals surface area (Å²) in [5.41, 5.74) is 3.23. The number of rotatable bonds is 4. The van der Waals surface area contributed by atoms with Gasteiger partial charge in [0.2, 0.25) is 0 Å². The topological polar surface area (TPSA) is 37.3 Å². The maximum atomic E-state index is 13.6. The minimum absolute atomic E-state index is 0.213. The molecule has 0 unspecified atom stereocenters. The van der Waals surface area contributed by atoms with Gasteiger partial charge in [-0.1, -0.05) is 44.2 Å². The van der Waals surface area contributed by atoms with Crippen molar-refractivity contribution in [1.29, 1.82) is 0 Å². The van der Waals surface area contributed by atoms with Gasteiger partial charge in [-0.25, -0.2) is 4.39 Å². The normalized spacial score (nSPS) is 10.8. The minimum Gasteiger partial charge on any atom is -0.481 e. The first-order valence-electron chi connectivity index (χ1n) is 6.58. The SMILES string of the molecule is CC(C)c1cccc(-c2ccc(F)c(CC(=O)O)c2)c1. The van der Waals surface area contributed by atoms with Crippen molar-refractivity contribution in [2.24, 2.45) is 0 Å². The second kappa shape index (κ2) is 5.87. The third kappa shape index (κ3) is 3.23. The maximum Gasteiger partial charge on any atom is 0.307 e. The van der Waals surface area contributed by atoms with Crippen molar-refractivity contribution in [2.45, 2.75) is 26.2 Å². The van der Waals surface area contributed by atoms with Gasteiger partial charge in [-0.3, -0.25) is 4.79 Å². The lowest BCUT2D eigenvalue weighted by molar-refractivity contribution is -0.136. The molecule has 0 amide bonds. The zero-order valence-corrected chi connectivity index (χ0v) is 11.6. The van der Waals surface area contributed by atoms with Crippen LogP contribution in [0.4, 0.5) is 4.39 Å². The Morgan fingerprint density at radius 1 is 1.15 bits per heavy atom. The third-order valence-electron chi connectivity index (χ3n) is 3.27. The Bertz CT molecular complexity index is 633. The van der Waals surface area contributed by atoms with Gasteiger partial charge in [0, 0.05) is 0 Å². The van der Waals surface area contributed by atoms with Crippen LogP contribution in [0.2, 0.25) is 0 Å². The molecule has 2 nitrogen and oxygen atoms in total. The van der Waals surface area contributed by atoms with Crippen molar-refractivity contribution in [3.05, 3.63) is 59.4 Å². The Kier molecular flexibility index (Phi) is 4.18. The molecule has 2 rings (SSSR count). The van der Waals surface area contributed by atoms with Gasteiger partial charge in [-0.05, 0) is 40.3 Å². The van der Waals surface area contributed by atoms with Gasteiger partial charge in [-0.2, -0.15) is 0 Å². The highest BCUT2D eigenvalue weighted by Crippen LogP contribution is 2.25. The molecule has 0 aliphatic heterocycles. The molecule has 0 heterocycles. The summed E-state index contributed by atoms with van der Waals surface area (Å²) < 4.78 is 13.6. The lowest BCUT2D eigenvalue weighted by Gasteiger charge is -2.10. The fourth-order valence-corrected chi connectivity index (χ4v) is 2.13. The molecule has 104 valence electrons. The standard InChI is InChI=1S/C17H17FO2/c1-11(2)12-4-3-5-13(8-12)14-6-7-16(18)15(9-14)10-17(19)20/h3-9,11H,10H2,1-2H3,(H,19,20). The van der Waals surface area contributed by atoms with E-state index < -0.39 is 11.8 Å². The van der Waals surface area contributed by atoms with Crippen LogP contribution in [0.5, 0.6) is 0 Å². The van der Waals surface area contributed by atoms with Crippen molar-refractivity contribution < 1.29 is 14.3 Å². The predicted molar refractivity (Wildman–Crippen MR) is 77.3 cm³/mol. The molecule has 0 spiro atoms. The summed E-state index contributed by atoms with van der Waals surface area (Å²) in [5.74, 6) is -1.10. The average Bonchev–Trinajstić information content (AvgIpc) is 2.41. The molecule has 0 radical (unpaired) electrons. The largest absolute Gasteiger partial charge is 0.481 e. The van der Waals surface area contributed by atoms with Gasteiger partial charge in [0.25, 0.3) is 0 Å². The number of carbonyl (C=O) groups is 1. The molecule has 0 saturated carbocycles. The number of hydrogen-bond donors (Lipinski definition) is 1. The molecule has 0 saturated heterocycles. The molecule has 2 aromatic rings. The molecule has 0 bridgehead atoms. The van der Waals surface area contributed by atoms with E-state index in [1.54, 1.807) is 12.1 Å². The highest BCUT2D eigenvalue weighted by atomic mass is 19.1. The highest BCUT2D eigenvalue weighted by Gasteiger charge is 2.09. The number of halogens is 1. The van der Waals surface area contributed by atoms with Crippen molar-refractivity contribution in [3.63, 3.8) is 0 Å². The van der Waals surface area contributed by atoms with Crippen LogP contribution < -0.4 is 0 Å². The van der Waals surface area contributed by atoms with E-state index in [2.05, 4.69) is 26.0 Å². The van der Waals surface area contributed by atoms with Crippen LogP contribution in [0, 0.1) is 5.82 Å². The van der Waals surface area contributed by atoms with Crippen LogP contribution in [0.15, 0.2) is 42.5 Å². The van der Waals surface area contributed by atoms with Crippen LogP contribution >= 0.6 is 0 Å². The second-order valence-electron chi connectivity index (χ2n) is 5.16. The van der Waals surface area contributed by atoms with E-state index in [1.807, 2.05) is 12.1 Å². The summed E-state index contributed by atoms with van der Waals surface area (Å²) in [6.45, 7) is 4.22. The van der Waals surface area contributed by atoms with Gasteiger partial charge in [0.15, 0.2) is 0 Å². The maximum absolute atomic E-state index is 13.6. The van der Waals surface area contributed by atoms with Gasteiger partial charge in [0.05, 0.1) is 6.42 Å². The molecular formula is C17H17FO2. The Balaban J connectivity index is 2.42. The first-order chi connectivity index (χ1) is 9.47. The number of benzene rings is 2. The fourth-order valence-electron chi connectivity index (χ4n) is 2.13. The van der Waals surface area contributed by atoms with Crippen LogP contribution in [-0.4, -0.2) is 11.1 Å². The van der Waals surface area contributed by atoms with Crippen molar-refractivity contribution in [2.75, 3.05) is 0 Å². The molecule has 0 fully saturated rings. The van der Waals surface area contributed by atoms with Gasteiger partial charge >= 0.3 is 5.97 Å². The number of hydrogen-bond acceptors (Lipinski definition) is 1. The molecule has 0 aromatic heterocycles. The summed E-state index contributed by atoms with van der Waals surface area (Å²) in [6.07, 6.45) is -0.302. The molecule has 20 heavy (non-hydrogen) atoms. The fraction of sp³-hybridized carbons (Fsp3) is 0.235. The summed E-state index contributed by atoms with van der Waals surface area (Å²) in [6, 6.07) is 12.6. The van der Waals surface area contributed by atoms with Gasteiger partial charge < -0.3 is 5.11 Å². The second-order valence-corrected chi connectivity index (χ2v) is 5.16. The lowest BCUT2D eigenvalue weighted by Crippen LogP contribution is -2.02. The first kappa shape index (κ1) is 14.3. The van der Waals surface area contributed by atoms with E-state index in [1.165, 1.54) is 11.6 Å². The molecule has 0 aliphatic carbocycles. The average molecular weight is 272 g/mol. The minimum atomic E-state index is -1.03. The Morgan fingerprint density at radius 2 is 1.85 bits per heavy atom. The van der Waals surface area contributed by atoms with Crippen LogP contribution in [0.3, 0.4) is 0 Å². The van der Waals surface area contributed by atoms with Crippen molar-refractivity contribution in [3.8, 4) is 11.1 Å². The molecule has 0 atom stereocenters. The zero-order valence-electron chi connectivity index (χ0n) is 11.6. The molecular weight excluding hydrogens is 255 g/mol. The number of carboxylic acids is 1. The smallest absolute Gasteiger partial charge is 0.307 e. The quantitative estimate of drug-likeness (QED) is 0.903. The van der Waals surface area contributed by atoms with E-state index in [0.717, 1.165) is 11.1 Å². The van der Waals surface area contributed by atoms with Crippen LogP contribution in [0.1, 0.15) is 30.9 Å². The van der Waals surface area contributed by atoms with Gasteiger partial charge in [-0.15, -0.1) is 0 Å². The van der Waals surface area contributed by atoms with E-state index in [-0.39, 0.29) is 12.0 Å². The molecule has 0 aliphatic rings. The summed E-state index contributed by atoms with van der Waals surface area (Å²) in [4.78, 5) is 10.7. The van der Waals surface area contributed by atoms with Crippen molar-refractivity contribution in [1.82, 2.24) is 0 Å². The summed E-state index contributed by atoms with van der Waals surface area (Å²) in [7, 11) is 0. The zero-order chi connectivity index (χ0) is 14.7. The summed E-state index contributed by atoms with van der Waals surface area (Å²) in [5, 5.41) is 8.80. The molecule has 3 heteroatoms. The predicted octanol–water partition coefficient (Wildman–Crippen LogP) is 4.24. The molecule has 2 aromatic carbocycles. The first-order valence-corrected chi connectivity index (χ1v) is 6.58. The van der Waals surface area contributed by atoms with E-state index >= 15 is 0 Å². The van der Waals surface area contributed by atoms with Crippen LogP contribution in [-0.2, 0) is 11.2 Å². The monoisotopic (exact) mass is 272 g/mol. The van der Waals surface area contributed by atoms with E-state index in [9.17, 15) is 9.18 Å². The Hall–Kier alpha value is -2.16. The summed E-state index contributed by atoms with van der Waals surface area (Å²) >= 11 is 0. The third-order valence-corrected chi connectivity index (χ3v) is 3.27. The Morgan fingerprint density at radius 3 is 2.50 bits per heavy atom. The van der Waals surface area contributed by atoms with E-state index in [0.29, 0.717) is 5.92 Å². The number of aliphatic carboxylic acids is 1. The van der Waals surface area contributed by atoms with Crippen LogP contribution in [0.25, 0.3) is 11.1 Å². The van der Waals surface area contributed by atoms with E-state index in [4.69, 9.17) is 5.11 Å². The molecule has 1 N–H and O–H groups in total. The number of carboxylic acid groups (broad SMARTS) is 1. The van der Waals surface area contributed by atoms with Gasteiger partial charge in [0.1, 0.15) is 5.82 Å². The highest BCUT2D eigenvalue weighted by molar-refractivity contribution is 5.72. The van der Waals surface area contributed by atoms with Crippen molar-refractivity contribution >= 4 is 5.97 Å².